The van der Waals surface area contributed by atoms with Gasteiger partial charge in [-0.1, -0.05) is 18.9 Å². The van der Waals surface area contributed by atoms with Gasteiger partial charge in [0, 0.05) is 6.54 Å². The van der Waals surface area contributed by atoms with Gasteiger partial charge < -0.3 is 9.64 Å². The molecule has 2 aliphatic rings. The maximum absolute atomic E-state index is 13.1. The smallest absolute Gasteiger partial charge is 0.272 e. The number of amides is 1. The van der Waals surface area contributed by atoms with E-state index in [9.17, 15) is 9.18 Å². The highest BCUT2D eigenvalue weighted by Gasteiger charge is 2.37. The number of hydrogen-bond acceptors (Lipinski definition) is 3. The second kappa shape index (κ2) is 5.25. The van der Waals surface area contributed by atoms with E-state index in [1.54, 1.807) is 6.07 Å². The number of morpholine rings is 1. The summed E-state index contributed by atoms with van der Waals surface area (Å²) < 4.78 is 18.9. The van der Waals surface area contributed by atoms with E-state index in [4.69, 9.17) is 4.74 Å². The Morgan fingerprint density at radius 1 is 1.37 bits per heavy atom. The van der Waals surface area contributed by atoms with Crippen LogP contribution in [-0.4, -0.2) is 41.1 Å². The van der Waals surface area contributed by atoms with Crippen LogP contribution in [0.15, 0.2) is 18.2 Å². The summed E-state index contributed by atoms with van der Waals surface area (Å²) in [6.45, 7) is 1.13. The molecular formula is C14H17FN2O2. The molecule has 102 valence electrons. The fourth-order valence-corrected chi connectivity index (χ4v) is 3.02. The van der Waals surface area contributed by atoms with Crippen LogP contribution in [0.1, 0.15) is 36.2 Å². The molecule has 19 heavy (non-hydrogen) atoms. The molecule has 2 fully saturated rings. The van der Waals surface area contributed by atoms with E-state index in [-0.39, 0.29) is 23.7 Å². The molecule has 1 saturated carbocycles. The molecule has 3 rings (SSSR count). The summed E-state index contributed by atoms with van der Waals surface area (Å²) >= 11 is 0. The first kappa shape index (κ1) is 12.5. The van der Waals surface area contributed by atoms with Crippen LogP contribution in [0.2, 0.25) is 0 Å². The summed E-state index contributed by atoms with van der Waals surface area (Å²) in [7, 11) is 0. The van der Waals surface area contributed by atoms with E-state index in [0.29, 0.717) is 13.2 Å². The molecular weight excluding hydrogens is 247 g/mol. The number of carbonyl (C=O) groups excluding carboxylic acids is 1. The molecule has 2 heterocycles. The lowest BCUT2D eigenvalue weighted by Crippen LogP contribution is -2.55. The summed E-state index contributed by atoms with van der Waals surface area (Å²) in [6.07, 6.45) is 4.38. The lowest BCUT2D eigenvalue weighted by molar-refractivity contribution is -0.0754. The van der Waals surface area contributed by atoms with Crippen LogP contribution >= 0.6 is 0 Å². The largest absolute Gasteiger partial charge is 0.374 e. The minimum Gasteiger partial charge on any atom is -0.374 e. The average Bonchev–Trinajstić information content (AvgIpc) is 2.46. The highest BCUT2D eigenvalue weighted by molar-refractivity contribution is 5.92. The molecule has 1 saturated heterocycles. The maximum Gasteiger partial charge on any atom is 0.272 e. The second-order valence-corrected chi connectivity index (χ2v) is 5.11. The van der Waals surface area contributed by atoms with Gasteiger partial charge >= 0.3 is 0 Å². The van der Waals surface area contributed by atoms with Crippen LogP contribution in [0.3, 0.4) is 0 Å². The molecule has 4 nitrogen and oxygen atoms in total. The molecule has 0 radical (unpaired) electrons. The zero-order valence-electron chi connectivity index (χ0n) is 10.7. The van der Waals surface area contributed by atoms with Gasteiger partial charge in [-0.25, -0.2) is 4.98 Å². The molecule has 0 N–H and O–H groups in total. The summed E-state index contributed by atoms with van der Waals surface area (Å²) in [6, 6.07) is 4.46. The Morgan fingerprint density at radius 3 is 3.05 bits per heavy atom. The van der Waals surface area contributed by atoms with E-state index in [2.05, 4.69) is 4.98 Å². The molecule has 1 aromatic rings. The van der Waals surface area contributed by atoms with E-state index in [1.165, 1.54) is 12.1 Å². The van der Waals surface area contributed by atoms with E-state index >= 15 is 0 Å². The number of rotatable bonds is 1. The molecule has 1 aliphatic carbocycles. The summed E-state index contributed by atoms with van der Waals surface area (Å²) in [4.78, 5) is 17.9. The Hall–Kier alpha value is -1.49. The fourth-order valence-electron chi connectivity index (χ4n) is 3.02. The Kier molecular flexibility index (Phi) is 3.46. The van der Waals surface area contributed by atoms with E-state index in [1.807, 2.05) is 4.90 Å². The van der Waals surface area contributed by atoms with Crippen molar-refractivity contribution in [2.45, 2.75) is 37.8 Å². The van der Waals surface area contributed by atoms with Gasteiger partial charge in [0.25, 0.3) is 5.91 Å². The van der Waals surface area contributed by atoms with Gasteiger partial charge in [0.15, 0.2) is 0 Å². The van der Waals surface area contributed by atoms with Gasteiger partial charge in [-0.2, -0.15) is 4.39 Å². The van der Waals surface area contributed by atoms with Crippen molar-refractivity contribution in [2.24, 2.45) is 0 Å². The van der Waals surface area contributed by atoms with Crippen molar-refractivity contribution in [3.63, 3.8) is 0 Å². The first-order chi connectivity index (χ1) is 9.25. The summed E-state index contributed by atoms with van der Waals surface area (Å²) in [5.74, 6) is -0.793. The van der Waals surface area contributed by atoms with Crippen molar-refractivity contribution in [1.82, 2.24) is 9.88 Å². The zero-order valence-corrected chi connectivity index (χ0v) is 10.7. The van der Waals surface area contributed by atoms with E-state index < -0.39 is 5.95 Å². The van der Waals surface area contributed by atoms with Crippen LogP contribution in [0.25, 0.3) is 0 Å². The van der Waals surface area contributed by atoms with Crippen molar-refractivity contribution in [3.05, 3.63) is 29.8 Å². The minimum absolute atomic E-state index is 0.125. The predicted molar refractivity (Wildman–Crippen MR) is 67.2 cm³/mol. The summed E-state index contributed by atoms with van der Waals surface area (Å²) in [5.41, 5.74) is 0.186. The molecule has 2 atom stereocenters. The van der Waals surface area contributed by atoms with Crippen LogP contribution in [0, 0.1) is 5.95 Å². The number of ether oxygens (including phenoxy) is 1. The second-order valence-electron chi connectivity index (χ2n) is 5.11. The standard InChI is InChI=1S/C14H17FN2O2/c15-13-7-3-4-10(16-13)14(18)17-8-9-19-12-6-2-1-5-11(12)17/h3-4,7,11-12H,1-2,5-6,8-9H2. The molecule has 0 spiro atoms. The van der Waals surface area contributed by atoms with Gasteiger partial charge in [-0.3, -0.25) is 4.79 Å². The zero-order chi connectivity index (χ0) is 13.2. The number of aromatic nitrogens is 1. The number of pyridine rings is 1. The summed E-state index contributed by atoms with van der Waals surface area (Å²) in [5, 5.41) is 0. The quantitative estimate of drug-likeness (QED) is 0.729. The van der Waals surface area contributed by atoms with E-state index in [0.717, 1.165) is 25.7 Å². The molecule has 1 aromatic heterocycles. The first-order valence-corrected chi connectivity index (χ1v) is 6.81. The van der Waals surface area contributed by atoms with Gasteiger partial charge in [-0.15, -0.1) is 0 Å². The van der Waals surface area contributed by atoms with Crippen LogP contribution < -0.4 is 0 Å². The number of halogens is 1. The Balaban J connectivity index is 1.82. The monoisotopic (exact) mass is 264 g/mol. The van der Waals surface area contributed by atoms with Gasteiger partial charge in [0.1, 0.15) is 5.69 Å². The van der Waals surface area contributed by atoms with Gasteiger partial charge in [-0.05, 0) is 25.0 Å². The molecule has 0 bridgehead atoms. The normalized spacial score (nSPS) is 26.9. The highest BCUT2D eigenvalue weighted by atomic mass is 19.1. The third-order valence-corrected chi connectivity index (χ3v) is 3.93. The Morgan fingerprint density at radius 2 is 2.21 bits per heavy atom. The van der Waals surface area contributed by atoms with Gasteiger partial charge in [0.2, 0.25) is 5.95 Å². The van der Waals surface area contributed by atoms with Crippen LogP contribution in [0.4, 0.5) is 4.39 Å². The molecule has 5 heteroatoms. The highest BCUT2D eigenvalue weighted by Crippen LogP contribution is 2.29. The maximum atomic E-state index is 13.1. The number of hydrogen-bond donors (Lipinski definition) is 0. The lowest BCUT2D eigenvalue weighted by Gasteiger charge is -2.43. The molecule has 2 unspecified atom stereocenters. The van der Waals surface area contributed by atoms with Crippen molar-refractivity contribution in [1.29, 1.82) is 0 Å². The minimum atomic E-state index is -0.612. The SMILES string of the molecule is O=C(c1cccc(F)n1)N1CCOC2CCCCC21. The van der Waals surface area contributed by atoms with Crippen molar-refractivity contribution in [3.8, 4) is 0 Å². The van der Waals surface area contributed by atoms with Crippen molar-refractivity contribution < 1.29 is 13.9 Å². The fraction of sp³-hybridized carbons (Fsp3) is 0.571. The average molecular weight is 264 g/mol. The topological polar surface area (TPSA) is 42.4 Å². The third-order valence-electron chi connectivity index (χ3n) is 3.93. The van der Waals surface area contributed by atoms with Crippen LogP contribution in [-0.2, 0) is 4.74 Å². The predicted octanol–water partition coefficient (Wildman–Crippen LogP) is 2.00. The van der Waals surface area contributed by atoms with Crippen molar-refractivity contribution in [2.75, 3.05) is 13.2 Å². The number of carbonyl (C=O) groups is 1. The van der Waals surface area contributed by atoms with Gasteiger partial charge in [0.05, 0.1) is 18.8 Å². The Labute approximate surface area is 111 Å². The van der Waals surface area contributed by atoms with Crippen LogP contribution in [0.5, 0.6) is 0 Å². The molecule has 1 aliphatic heterocycles. The number of fused-ring (bicyclic) bond motifs is 1. The first-order valence-electron chi connectivity index (χ1n) is 6.81. The number of nitrogens with zero attached hydrogens (tertiary/aromatic N) is 2. The molecule has 1 amide bonds. The third kappa shape index (κ3) is 2.47. The lowest BCUT2D eigenvalue weighted by atomic mass is 9.90. The Bertz CT molecular complexity index is 478. The van der Waals surface area contributed by atoms with Crippen molar-refractivity contribution >= 4 is 5.91 Å². The molecule has 0 aromatic carbocycles.